The van der Waals surface area contributed by atoms with Crippen molar-refractivity contribution in [2.45, 2.75) is 16.5 Å². The molecule has 1 atom stereocenters. The minimum Gasteiger partial charge on any atom is -0.497 e. The monoisotopic (exact) mass is 403 g/mol. The van der Waals surface area contributed by atoms with Gasteiger partial charge in [-0.2, -0.15) is 0 Å². The molecule has 0 aliphatic heterocycles. The van der Waals surface area contributed by atoms with Crippen LogP contribution in [0.1, 0.15) is 6.92 Å². The molecule has 0 fully saturated rings. The molecule has 0 saturated carbocycles. The van der Waals surface area contributed by atoms with Crippen LogP contribution >= 0.6 is 35.3 Å². The zero-order valence-electron chi connectivity index (χ0n) is 14.2. The Morgan fingerprint density at radius 1 is 1.23 bits per heavy atom. The third-order valence-corrected chi connectivity index (χ3v) is 5.95. The number of carbonyl (C=O) groups excluding carboxylic acids is 1. The molecule has 0 spiro atoms. The Morgan fingerprint density at radius 3 is 2.58 bits per heavy atom. The van der Waals surface area contributed by atoms with Gasteiger partial charge >= 0.3 is 0 Å². The number of ether oxygens (including phenoxy) is 1. The summed E-state index contributed by atoms with van der Waals surface area (Å²) < 4.78 is 8.25. The van der Waals surface area contributed by atoms with Crippen molar-refractivity contribution < 1.29 is 9.53 Å². The highest BCUT2D eigenvalue weighted by molar-refractivity contribution is 8.02. The number of hydrogen-bond acceptors (Lipinski definition) is 6. The van der Waals surface area contributed by atoms with E-state index in [1.165, 1.54) is 23.1 Å². The van der Waals surface area contributed by atoms with Gasteiger partial charge in [-0.1, -0.05) is 41.3 Å². The minimum absolute atomic E-state index is 0.0902. The van der Waals surface area contributed by atoms with Gasteiger partial charge in [0.05, 0.1) is 18.0 Å². The molecular weight excluding hydrogens is 386 g/mol. The van der Waals surface area contributed by atoms with Crippen molar-refractivity contribution in [3.8, 4) is 11.4 Å². The lowest BCUT2D eigenvalue weighted by Gasteiger charge is -2.10. The van der Waals surface area contributed by atoms with Crippen LogP contribution in [0.15, 0.2) is 58.9 Å². The normalized spacial score (nSPS) is 11.8. The van der Waals surface area contributed by atoms with Crippen molar-refractivity contribution in [3.05, 3.63) is 58.6 Å². The van der Waals surface area contributed by atoms with Gasteiger partial charge in [0, 0.05) is 5.69 Å². The number of thioether (sulfide) groups is 1. The Hall–Kier alpha value is -2.16. The number of carbonyl (C=O) groups is 1. The Labute approximate surface area is 165 Å². The van der Waals surface area contributed by atoms with Crippen LogP contribution in [-0.4, -0.2) is 28.0 Å². The fourth-order valence-electron chi connectivity index (χ4n) is 2.16. The Kier molecular flexibility index (Phi) is 6.08. The summed E-state index contributed by atoms with van der Waals surface area (Å²) >= 11 is 8.19. The predicted octanol–water partition coefficient (Wildman–Crippen LogP) is 4.79. The maximum atomic E-state index is 12.4. The van der Waals surface area contributed by atoms with Crippen molar-refractivity contribution in [3.63, 3.8) is 0 Å². The second kappa shape index (κ2) is 8.48. The zero-order valence-corrected chi connectivity index (χ0v) is 16.7. The topological polar surface area (TPSA) is 56.1 Å². The van der Waals surface area contributed by atoms with Crippen LogP contribution in [0, 0.1) is 3.95 Å². The summed E-state index contributed by atoms with van der Waals surface area (Å²) in [6.45, 7) is 1.85. The van der Waals surface area contributed by atoms with E-state index < -0.39 is 0 Å². The maximum Gasteiger partial charge on any atom is 0.237 e. The third kappa shape index (κ3) is 4.51. The number of nitrogens with zero attached hydrogens (tertiary/aromatic N) is 2. The molecule has 3 aromatic rings. The fourth-order valence-corrected chi connectivity index (χ4v) is 4.67. The second-order valence-electron chi connectivity index (χ2n) is 5.36. The van der Waals surface area contributed by atoms with Crippen molar-refractivity contribution >= 4 is 46.9 Å². The van der Waals surface area contributed by atoms with Crippen molar-refractivity contribution in [1.82, 2.24) is 9.78 Å². The summed E-state index contributed by atoms with van der Waals surface area (Å²) in [6.07, 6.45) is 0. The lowest BCUT2D eigenvalue weighted by molar-refractivity contribution is -0.115. The highest BCUT2D eigenvalue weighted by Gasteiger charge is 2.17. The number of anilines is 1. The van der Waals surface area contributed by atoms with Gasteiger partial charge in [0.2, 0.25) is 5.91 Å². The van der Waals surface area contributed by atoms with Gasteiger partial charge in [-0.05, 0) is 55.5 Å². The van der Waals surface area contributed by atoms with Crippen LogP contribution < -0.4 is 10.1 Å². The summed E-state index contributed by atoms with van der Waals surface area (Å²) in [4.78, 5) is 12.4. The molecule has 0 saturated heterocycles. The molecule has 0 aliphatic rings. The second-order valence-corrected chi connectivity index (χ2v) is 8.57. The molecule has 8 heteroatoms. The molecule has 3 rings (SSSR count). The van der Waals surface area contributed by atoms with Gasteiger partial charge in [-0.25, -0.2) is 4.68 Å². The van der Waals surface area contributed by atoms with Crippen LogP contribution in [-0.2, 0) is 4.79 Å². The molecule has 0 unspecified atom stereocenters. The SMILES string of the molecule is COc1ccc(NC(=O)[C@@H](C)Sc2nn(-c3ccccc3)c(=S)s2)cc1. The van der Waals surface area contributed by atoms with Gasteiger partial charge in [-0.15, -0.1) is 5.10 Å². The van der Waals surface area contributed by atoms with Crippen LogP contribution in [0.4, 0.5) is 5.69 Å². The molecule has 1 N–H and O–H groups in total. The number of benzene rings is 2. The molecule has 2 aromatic carbocycles. The fraction of sp³-hybridized carbons (Fsp3) is 0.167. The van der Waals surface area contributed by atoms with Gasteiger partial charge in [0.15, 0.2) is 8.29 Å². The number of aromatic nitrogens is 2. The van der Waals surface area contributed by atoms with E-state index in [0.29, 0.717) is 3.95 Å². The van der Waals surface area contributed by atoms with Gasteiger partial charge < -0.3 is 10.1 Å². The van der Waals surface area contributed by atoms with Crippen LogP contribution in [0.3, 0.4) is 0 Å². The van der Waals surface area contributed by atoms with E-state index in [1.54, 1.807) is 23.9 Å². The lowest BCUT2D eigenvalue weighted by atomic mass is 10.3. The first kappa shape index (κ1) is 18.6. The predicted molar refractivity (Wildman–Crippen MR) is 109 cm³/mol. The molecule has 0 radical (unpaired) electrons. The van der Waals surface area contributed by atoms with E-state index in [1.807, 2.05) is 49.4 Å². The number of para-hydroxylation sites is 1. The average Bonchev–Trinajstić information content (AvgIpc) is 3.03. The quantitative estimate of drug-likeness (QED) is 0.474. The van der Waals surface area contributed by atoms with Crippen molar-refractivity contribution in [2.75, 3.05) is 12.4 Å². The highest BCUT2D eigenvalue weighted by Crippen LogP contribution is 2.28. The van der Waals surface area contributed by atoms with E-state index in [-0.39, 0.29) is 11.2 Å². The Balaban J connectivity index is 1.66. The zero-order chi connectivity index (χ0) is 18.5. The van der Waals surface area contributed by atoms with Crippen molar-refractivity contribution in [1.29, 1.82) is 0 Å². The smallest absolute Gasteiger partial charge is 0.237 e. The third-order valence-electron chi connectivity index (χ3n) is 3.53. The summed E-state index contributed by atoms with van der Waals surface area (Å²) in [6, 6.07) is 16.9. The molecule has 26 heavy (non-hydrogen) atoms. The Bertz CT molecular complexity index is 936. The molecule has 5 nitrogen and oxygen atoms in total. The van der Waals surface area contributed by atoms with Gasteiger partial charge in [0.1, 0.15) is 5.75 Å². The first-order chi connectivity index (χ1) is 12.6. The van der Waals surface area contributed by atoms with Crippen molar-refractivity contribution in [2.24, 2.45) is 0 Å². The molecule has 0 bridgehead atoms. The maximum absolute atomic E-state index is 12.4. The van der Waals surface area contributed by atoms with E-state index in [0.717, 1.165) is 21.5 Å². The molecule has 134 valence electrons. The van der Waals surface area contributed by atoms with E-state index in [4.69, 9.17) is 17.0 Å². The number of methoxy groups -OCH3 is 1. The first-order valence-electron chi connectivity index (χ1n) is 7.84. The highest BCUT2D eigenvalue weighted by atomic mass is 32.2. The summed E-state index contributed by atoms with van der Waals surface area (Å²) in [5.74, 6) is 0.657. The number of rotatable bonds is 6. The van der Waals surface area contributed by atoms with E-state index in [2.05, 4.69) is 10.4 Å². The number of nitrogens with one attached hydrogen (secondary N) is 1. The number of hydrogen-bond donors (Lipinski definition) is 1. The molecular formula is C18H17N3O2S3. The molecule has 1 amide bonds. The Morgan fingerprint density at radius 2 is 1.92 bits per heavy atom. The average molecular weight is 404 g/mol. The van der Waals surface area contributed by atoms with Crippen LogP contribution in [0.2, 0.25) is 0 Å². The van der Waals surface area contributed by atoms with Crippen LogP contribution in [0.25, 0.3) is 5.69 Å². The summed E-state index contributed by atoms with van der Waals surface area (Å²) in [5.41, 5.74) is 1.64. The van der Waals surface area contributed by atoms with Crippen LogP contribution in [0.5, 0.6) is 5.75 Å². The minimum atomic E-state index is -0.304. The molecule has 1 aromatic heterocycles. The number of amides is 1. The summed E-state index contributed by atoms with van der Waals surface area (Å²) in [5, 5.41) is 7.12. The standard InChI is InChI=1S/C18H17N3O2S3/c1-12(16(22)19-13-8-10-15(23-2)11-9-13)25-17-20-21(18(24)26-17)14-6-4-3-5-7-14/h3-12H,1-2H3,(H,19,22)/t12-/m1/s1. The summed E-state index contributed by atoms with van der Waals surface area (Å²) in [7, 11) is 1.61. The van der Waals surface area contributed by atoms with Gasteiger partial charge in [-0.3, -0.25) is 4.79 Å². The van der Waals surface area contributed by atoms with E-state index >= 15 is 0 Å². The van der Waals surface area contributed by atoms with E-state index in [9.17, 15) is 4.79 Å². The largest absolute Gasteiger partial charge is 0.497 e. The van der Waals surface area contributed by atoms with Gasteiger partial charge in [0.25, 0.3) is 0 Å². The molecule has 0 aliphatic carbocycles. The molecule has 1 heterocycles. The first-order valence-corrected chi connectivity index (χ1v) is 9.94. The lowest BCUT2D eigenvalue weighted by Crippen LogP contribution is -2.22.